The summed E-state index contributed by atoms with van der Waals surface area (Å²) in [6.45, 7) is 13.5. The van der Waals surface area contributed by atoms with Crippen LogP contribution in [-0.2, 0) is 4.79 Å². The van der Waals surface area contributed by atoms with Crippen molar-refractivity contribution in [3.8, 4) is 0 Å². The van der Waals surface area contributed by atoms with Crippen molar-refractivity contribution >= 4 is 5.78 Å². The average Bonchev–Trinajstić information content (AvgIpc) is 2.34. The second-order valence-electron chi connectivity index (χ2n) is 7.66. The fourth-order valence-electron chi connectivity index (χ4n) is 2.65. The summed E-state index contributed by atoms with van der Waals surface area (Å²) in [5, 5.41) is 0. The summed E-state index contributed by atoms with van der Waals surface area (Å²) in [7, 11) is 0. The minimum Gasteiger partial charge on any atom is -0.299 e. The Hall–Kier alpha value is -0.330. The summed E-state index contributed by atoms with van der Waals surface area (Å²) >= 11 is 0. The summed E-state index contributed by atoms with van der Waals surface area (Å²) in [6, 6.07) is 0. The van der Waals surface area contributed by atoms with E-state index < -0.39 is 0 Å². The van der Waals surface area contributed by atoms with Gasteiger partial charge in [0.1, 0.15) is 5.78 Å². The molecule has 0 N–H and O–H groups in total. The molecule has 20 heavy (non-hydrogen) atoms. The van der Waals surface area contributed by atoms with E-state index in [0.29, 0.717) is 11.7 Å². The van der Waals surface area contributed by atoms with Crippen LogP contribution in [0.4, 0.5) is 0 Å². The van der Waals surface area contributed by atoms with Gasteiger partial charge in [-0.3, -0.25) is 4.79 Å². The molecule has 0 radical (unpaired) electrons. The Kier molecular flexibility index (Phi) is 11.2. The first-order chi connectivity index (χ1) is 9.32. The SMILES string of the molecule is CC(C)CCCC(C)CCC(=O)C(C)CCCC(C)C. The zero-order valence-corrected chi connectivity index (χ0v) is 14.9. The van der Waals surface area contributed by atoms with Crippen molar-refractivity contribution in [3.63, 3.8) is 0 Å². The van der Waals surface area contributed by atoms with Crippen LogP contribution >= 0.6 is 0 Å². The van der Waals surface area contributed by atoms with Gasteiger partial charge in [-0.15, -0.1) is 0 Å². The molecule has 0 aliphatic rings. The number of carbonyl (C=O) groups is 1. The lowest BCUT2D eigenvalue weighted by Crippen LogP contribution is -2.12. The number of hydrogen-bond donors (Lipinski definition) is 0. The van der Waals surface area contributed by atoms with Crippen molar-refractivity contribution in [2.75, 3.05) is 0 Å². The van der Waals surface area contributed by atoms with Crippen molar-refractivity contribution in [2.45, 2.75) is 92.9 Å². The number of ketones is 1. The highest BCUT2D eigenvalue weighted by Crippen LogP contribution is 2.20. The Balaban J connectivity index is 3.69. The van der Waals surface area contributed by atoms with Crippen LogP contribution in [0.1, 0.15) is 92.9 Å². The van der Waals surface area contributed by atoms with Crippen LogP contribution in [0.15, 0.2) is 0 Å². The van der Waals surface area contributed by atoms with Gasteiger partial charge in [0.2, 0.25) is 0 Å². The molecule has 2 atom stereocenters. The monoisotopic (exact) mass is 282 g/mol. The summed E-state index contributed by atoms with van der Waals surface area (Å²) in [4.78, 5) is 12.1. The summed E-state index contributed by atoms with van der Waals surface area (Å²) in [6.07, 6.45) is 9.35. The van der Waals surface area contributed by atoms with E-state index in [1.54, 1.807) is 0 Å². The second kappa shape index (κ2) is 11.3. The van der Waals surface area contributed by atoms with E-state index in [9.17, 15) is 4.79 Å². The van der Waals surface area contributed by atoms with Crippen molar-refractivity contribution in [1.29, 1.82) is 0 Å². The van der Waals surface area contributed by atoms with E-state index in [0.717, 1.165) is 31.1 Å². The van der Waals surface area contributed by atoms with Gasteiger partial charge in [0.15, 0.2) is 0 Å². The third-order valence-corrected chi connectivity index (χ3v) is 4.33. The van der Waals surface area contributed by atoms with Crippen LogP contribution in [0.3, 0.4) is 0 Å². The van der Waals surface area contributed by atoms with Crippen LogP contribution in [0.2, 0.25) is 0 Å². The Labute approximate surface area is 127 Å². The third kappa shape index (κ3) is 11.5. The Morgan fingerprint density at radius 3 is 1.70 bits per heavy atom. The molecule has 0 fully saturated rings. The first kappa shape index (κ1) is 19.7. The standard InChI is InChI=1S/C19H38O/c1-15(2)9-7-11-17(5)13-14-19(20)18(6)12-8-10-16(3)4/h15-18H,7-14H2,1-6H3. The van der Waals surface area contributed by atoms with Gasteiger partial charge in [-0.2, -0.15) is 0 Å². The van der Waals surface area contributed by atoms with Crippen molar-refractivity contribution in [3.05, 3.63) is 0 Å². The lowest BCUT2D eigenvalue weighted by molar-refractivity contribution is -0.122. The van der Waals surface area contributed by atoms with Crippen molar-refractivity contribution in [1.82, 2.24) is 0 Å². The predicted octanol–water partition coefficient (Wildman–Crippen LogP) is 6.26. The molecule has 0 aromatic heterocycles. The molecule has 1 heteroatoms. The molecule has 0 saturated carbocycles. The van der Waals surface area contributed by atoms with Crippen LogP contribution in [0, 0.1) is 23.7 Å². The van der Waals surface area contributed by atoms with Gasteiger partial charge in [0.25, 0.3) is 0 Å². The molecule has 0 aromatic carbocycles. The Morgan fingerprint density at radius 2 is 1.20 bits per heavy atom. The molecular weight excluding hydrogens is 244 g/mol. The van der Waals surface area contributed by atoms with Crippen molar-refractivity contribution < 1.29 is 4.79 Å². The molecule has 2 unspecified atom stereocenters. The van der Waals surface area contributed by atoms with E-state index in [4.69, 9.17) is 0 Å². The van der Waals surface area contributed by atoms with Crippen molar-refractivity contribution in [2.24, 2.45) is 23.7 Å². The van der Waals surface area contributed by atoms with Crippen LogP contribution in [-0.4, -0.2) is 5.78 Å². The highest BCUT2D eigenvalue weighted by Gasteiger charge is 2.14. The number of carbonyl (C=O) groups excluding carboxylic acids is 1. The smallest absolute Gasteiger partial charge is 0.135 e. The van der Waals surface area contributed by atoms with E-state index in [-0.39, 0.29) is 5.92 Å². The van der Waals surface area contributed by atoms with Gasteiger partial charge in [0.05, 0.1) is 0 Å². The summed E-state index contributed by atoms with van der Waals surface area (Å²) in [5.41, 5.74) is 0. The highest BCUT2D eigenvalue weighted by atomic mass is 16.1. The molecule has 0 aromatic rings. The Bertz CT molecular complexity index is 242. The quantitative estimate of drug-likeness (QED) is 0.413. The maximum atomic E-state index is 12.1. The van der Waals surface area contributed by atoms with E-state index in [1.807, 2.05) is 0 Å². The lowest BCUT2D eigenvalue weighted by Gasteiger charge is -2.14. The third-order valence-electron chi connectivity index (χ3n) is 4.33. The molecule has 0 aliphatic heterocycles. The second-order valence-corrected chi connectivity index (χ2v) is 7.66. The zero-order valence-electron chi connectivity index (χ0n) is 14.9. The fourth-order valence-corrected chi connectivity index (χ4v) is 2.65. The molecule has 1 nitrogen and oxygen atoms in total. The first-order valence-electron chi connectivity index (χ1n) is 8.85. The van der Waals surface area contributed by atoms with E-state index in [2.05, 4.69) is 41.5 Å². The molecule has 0 saturated heterocycles. The average molecular weight is 283 g/mol. The van der Waals surface area contributed by atoms with E-state index >= 15 is 0 Å². The molecule has 0 heterocycles. The fraction of sp³-hybridized carbons (Fsp3) is 0.947. The minimum atomic E-state index is 0.275. The largest absolute Gasteiger partial charge is 0.299 e. The highest BCUT2D eigenvalue weighted by molar-refractivity contribution is 5.80. The van der Waals surface area contributed by atoms with Gasteiger partial charge < -0.3 is 0 Å². The molecule has 120 valence electrons. The van der Waals surface area contributed by atoms with Gasteiger partial charge in [-0.05, 0) is 30.6 Å². The molecular formula is C19H38O. The lowest BCUT2D eigenvalue weighted by atomic mass is 9.90. The van der Waals surface area contributed by atoms with Crippen LogP contribution in [0.5, 0.6) is 0 Å². The summed E-state index contributed by atoms with van der Waals surface area (Å²) in [5.74, 6) is 3.05. The number of hydrogen-bond acceptors (Lipinski definition) is 1. The van der Waals surface area contributed by atoms with Crippen LogP contribution in [0.25, 0.3) is 0 Å². The van der Waals surface area contributed by atoms with Gasteiger partial charge in [0, 0.05) is 12.3 Å². The number of Topliss-reactive ketones (excluding diaryl/α,β-unsaturated/α-hetero) is 1. The van der Waals surface area contributed by atoms with Crippen LogP contribution < -0.4 is 0 Å². The van der Waals surface area contributed by atoms with Gasteiger partial charge >= 0.3 is 0 Å². The maximum Gasteiger partial charge on any atom is 0.135 e. The van der Waals surface area contributed by atoms with E-state index in [1.165, 1.54) is 32.1 Å². The zero-order chi connectivity index (χ0) is 15.5. The Morgan fingerprint density at radius 1 is 0.700 bits per heavy atom. The predicted molar refractivity (Wildman–Crippen MR) is 89.9 cm³/mol. The van der Waals surface area contributed by atoms with Gasteiger partial charge in [-0.25, -0.2) is 0 Å². The maximum absolute atomic E-state index is 12.1. The summed E-state index contributed by atoms with van der Waals surface area (Å²) < 4.78 is 0. The molecule has 0 rings (SSSR count). The first-order valence-corrected chi connectivity index (χ1v) is 8.85. The minimum absolute atomic E-state index is 0.275. The molecule has 0 spiro atoms. The normalized spacial score (nSPS) is 14.8. The number of rotatable bonds is 12. The topological polar surface area (TPSA) is 17.1 Å². The molecule has 0 aliphatic carbocycles. The van der Waals surface area contributed by atoms with Gasteiger partial charge in [-0.1, -0.05) is 73.6 Å². The molecule has 0 bridgehead atoms. The molecule has 0 amide bonds.